The van der Waals surface area contributed by atoms with Crippen LogP contribution in [0.25, 0.3) is 0 Å². The molecule has 1 atom stereocenters. The predicted octanol–water partition coefficient (Wildman–Crippen LogP) is 1.58. The van der Waals surface area contributed by atoms with Crippen LogP contribution < -0.4 is 0 Å². The van der Waals surface area contributed by atoms with Crippen LogP contribution in [0.4, 0.5) is 0 Å². The molecule has 0 bridgehead atoms. The molecular weight excluding hydrogens is 220 g/mol. The van der Waals surface area contributed by atoms with Crippen molar-refractivity contribution in [1.29, 1.82) is 0 Å². The van der Waals surface area contributed by atoms with Gasteiger partial charge in [0.2, 0.25) is 0 Å². The quantitative estimate of drug-likeness (QED) is 0.584. The first-order chi connectivity index (χ1) is 5.84. The monoisotopic (exact) mass is 240 g/mol. The molecular formula is C7H20O3SSi2. The third-order valence-electron chi connectivity index (χ3n) is 2.01. The molecule has 0 aliphatic rings. The molecule has 6 heteroatoms. The van der Waals surface area contributed by atoms with Crippen molar-refractivity contribution in [1.82, 2.24) is 0 Å². The van der Waals surface area contributed by atoms with Crippen LogP contribution in [0.2, 0.25) is 19.6 Å². The van der Waals surface area contributed by atoms with Gasteiger partial charge in [-0.05, 0) is 0 Å². The fraction of sp³-hybridized carbons (Fsp3) is 1.00. The average Bonchev–Trinajstić information content (AvgIpc) is 2.07. The third kappa shape index (κ3) is 3.07. The van der Waals surface area contributed by atoms with Gasteiger partial charge in [-0.25, -0.2) is 0 Å². The topological polar surface area (TPSA) is 27.7 Å². The predicted molar refractivity (Wildman–Crippen MR) is 62.9 cm³/mol. The van der Waals surface area contributed by atoms with Gasteiger partial charge < -0.3 is 13.3 Å². The van der Waals surface area contributed by atoms with E-state index in [0.717, 1.165) is 0 Å². The van der Waals surface area contributed by atoms with E-state index in [1.807, 2.05) is 0 Å². The van der Waals surface area contributed by atoms with E-state index in [2.05, 4.69) is 32.3 Å². The highest BCUT2D eigenvalue weighted by atomic mass is 32.1. The molecule has 0 heterocycles. The molecule has 0 saturated carbocycles. The molecule has 0 N–H and O–H groups in total. The van der Waals surface area contributed by atoms with Crippen LogP contribution in [0.3, 0.4) is 0 Å². The Morgan fingerprint density at radius 3 is 1.31 bits per heavy atom. The molecule has 0 unspecified atom stereocenters. The molecule has 3 nitrogen and oxygen atoms in total. The lowest BCUT2D eigenvalue weighted by molar-refractivity contribution is 0.127. The largest absolute Gasteiger partial charge is 0.510 e. The maximum absolute atomic E-state index is 5.38. The SMILES string of the molecule is CO[Si](OC)(OC)[C@@H](S)[Si](C)(C)C. The molecule has 0 saturated heterocycles. The molecule has 13 heavy (non-hydrogen) atoms. The van der Waals surface area contributed by atoms with E-state index in [-0.39, 0.29) is 4.50 Å². The molecule has 0 amide bonds. The summed E-state index contributed by atoms with van der Waals surface area (Å²) in [7, 11) is 0.944. The summed E-state index contributed by atoms with van der Waals surface area (Å²) in [4.78, 5) is 0. The molecule has 0 aliphatic heterocycles. The Balaban J connectivity index is 4.73. The standard InChI is InChI=1S/C7H20O3SSi2/c1-8-13(9-2,10-3)7(11)12(4,5)6/h7,11H,1-6H3/t7-/m0/s1. The maximum atomic E-state index is 5.38. The fourth-order valence-electron chi connectivity index (χ4n) is 1.12. The summed E-state index contributed by atoms with van der Waals surface area (Å²) >= 11 is 4.58. The number of hydrogen-bond acceptors (Lipinski definition) is 4. The lowest BCUT2D eigenvalue weighted by Gasteiger charge is -2.35. The second kappa shape index (κ2) is 4.95. The van der Waals surface area contributed by atoms with Crippen LogP contribution in [0, 0.1) is 0 Å². The zero-order chi connectivity index (χ0) is 10.7. The maximum Gasteiger partial charge on any atom is 0.510 e. The van der Waals surface area contributed by atoms with E-state index in [1.165, 1.54) is 0 Å². The molecule has 0 rings (SSSR count). The van der Waals surface area contributed by atoms with Gasteiger partial charge in [-0.1, -0.05) is 19.6 Å². The molecule has 0 aromatic carbocycles. The van der Waals surface area contributed by atoms with Crippen molar-refractivity contribution >= 4 is 29.5 Å². The van der Waals surface area contributed by atoms with Crippen molar-refractivity contribution in [2.75, 3.05) is 21.3 Å². The van der Waals surface area contributed by atoms with Crippen molar-refractivity contribution < 1.29 is 13.3 Å². The van der Waals surface area contributed by atoms with Gasteiger partial charge in [0.15, 0.2) is 0 Å². The van der Waals surface area contributed by atoms with Crippen molar-refractivity contribution in [2.24, 2.45) is 0 Å². The Morgan fingerprint density at radius 1 is 0.923 bits per heavy atom. The first-order valence-electron chi connectivity index (χ1n) is 4.17. The minimum Gasteiger partial charge on any atom is -0.376 e. The van der Waals surface area contributed by atoms with Crippen LogP contribution in [0.15, 0.2) is 0 Å². The zero-order valence-electron chi connectivity index (χ0n) is 9.25. The first-order valence-corrected chi connectivity index (χ1v) is 10.1. The summed E-state index contributed by atoms with van der Waals surface area (Å²) in [5.74, 6) is 0. The van der Waals surface area contributed by atoms with E-state index in [1.54, 1.807) is 21.3 Å². The molecule has 0 radical (unpaired) electrons. The molecule has 0 aliphatic carbocycles. The molecule has 80 valence electrons. The van der Waals surface area contributed by atoms with E-state index in [9.17, 15) is 0 Å². The zero-order valence-corrected chi connectivity index (χ0v) is 12.1. The minimum atomic E-state index is -2.53. The number of thiol groups is 1. The molecule has 0 spiro atoms. The Labute approximate surface area is 88.6 Å². The van der Waals surface area contributed by atoms with Gasteiger partial charge in [-0.3, -0.25) is 0 Å². The normalized spacial score (nSPS) is 15.9. The van der Waals surface area contributed by atoms with Gasteiger partial charge in [0.1, 0.15) is 0 Å². The summed E-state index contributed by atoms with van der Waals surface area (Å²) < 4.78 is 16.2. The highest BCUT2D eigenvalue weighted by Crippen LogP contribution is 2.25. The average molecular weight is 240 g/mol. The smallest absolute Gasteiger partial charge is 0.376 e. The van der Waals surface area contributed by atoms with Crippen LogP contribution in [-0.2, 0) is 13.3 Å². The first kappa shape index (κ1) is 13.7. The summed E-state index contributed by atoms with van der Waals surface area (Å²) in [6.45, 7) is 6.68. The van der Waals surface area contributed by atoms with Gasteiger partial charge in [-0.15, -0.1) is 0 Å². The van der Waals surface area contributed by atoms with Crippen molar-refractivity contribution in [3.8, 4) is 0 Å². The Bertz CT molecular complexity index is 148. The van der Waals surface area contributed by atoms with Crippen molar-refractivity contribution in [2.45, 2.75) is 24.1 Å². The lowest BCUT2D eigenvalue weighted by Crippen LogP contribution is -2.60. The van der Waals surface area contributed by atoms with Crippen LogP contribution in [0.5, 0.6) is 0 Å². The van der Waals surface area contributed by atoms with E-state index >= 15 is 0 Å². The Morgan fingerprint density at radius 2 is 1.23 bits per heavy atom. The van der Waals surface area contributed by atoms with E-state index in [4.69, 9.17) is 13.3 Å². The lowest BCUT2D eigenvalue weighted by atomic mass is 11.7. The van der Waals surface area contributed by atoms with Gasteiger partial charge in [0.05, 0.1) is 12.6 Å². The molecule has 0 fully saturated rings. The molecule has 0 aromatic heterocycles. The summed E-state index contributed by atoms with van der Waals surface area (Å²) in [5, 5.41) is 0. The van der Waals surface area contributed by atoms with Gasteiger partial charge in [0, 0.05) is 21.3 Å². The Kier molecular flexibility index (Phi) is 5.20. The number of hydrogen-bond donors (Lipinski definition) is 1. The van der Waals surface area contributed by atoms with Crippen LogP contribution in [0.1, 0.15) is 0 Å². The fourth-order valence-corrected chi connectivity index (χ4v) is 8.54. The van der Waals surface area contributed by atoms with E-state index in [0.29, 0.717) is 0 Å². The van der Waals surface area contributed by atoms with Gasteiger partial charge >= 0.3 is 8.80 Å². The van der Waals surface area contributed by atoms with Gasteiger partial charge in [0.25, 0.3) is 0 Å². The van der Waals surface area contributed by atoms with Crippen LogP contribution >= 0.6 is 12.6 Å². The summed E-state index contributed by atoms with van der Waals surface area (Å²) in [6.07, 6.45) is 0. The third-order valence-corrected chi connectivity index (χ3v) is 13.0. The molecule has 0 aromatic rings. The second-order valence-electron chi connectivity index (χ2n) is 3.98. The summed E-state index contributed by atoms with van der Waals surface area (Å²) in [6, 6.07) is 0. The second-order valence-corrected chi connectivity index (χ2v) is 14.4. The van der Waals surface area contributed by atoms with Gasteiger partial charge in [-0.2, -0.15) is 12.6 Å². The minimum absolute atomic E-state index is 0.111. The van der Waals surface area contributed by atoms with Crippen molar-refractivity contribution in [3.63, 3.8) is 0 Å². The van der Waals surface area contributed by atoms with Crippen molar-refractivity contribution in [3.05, 3.63) is 0 Å². The van der Waals surface area contributed by atoms with Crippen LogP contribution in [-0.4, -0.2) is 42.7 Å². The highest BCUT2D eigenvalue weighted by Gasteiger charge is 2.51. The number of rotatable bonds is 5. The summed E-state index contributed by atoms with van der Waals surface area (Å²) in [5.41, 5.74) is 0. The Hall–Kier alpha value is 0.664. The highest BCUT2D eigenvalue weighted by molar-refractivity contribution is 7.85. The van der Waals surface area contributed by atoms with E-state index < -0.39 is 16.9 Å².